The Hall–Kier alpha value is -2.12. The van der Waals surface area contributed by atoms with Crippen LogP contribution in [0.25, 0.3) is 11.3 Å². The second-order valence-electron chi connectivity index (χ2n) is 3.52. The number of hydrogen-bond acceptors (Lipinski definition) is 6. The van der Waals surface area contributed by atoms with Crippen molar-refractivity contribution in [1.82, 2.24) is 4.37 Å². The lowest BCUT2D eigenvalue weighted by Gasteiger charge is -2.05. The van der Waals surface area contributed by atoms with Gasteiger partial charge in [-0.2, -0.15) is 4.37 Å². The summed E-state index contributed by atoms with van der Waals surface area (Å²) >= 11 is 1.05. The first-order valence-corrected chi connectivity index (χ1v) is 5.85. The van der Waals surface area contributed by atoms with Crippen LogP contribution >= 0.6 is 11.5 Å². The first-order valence-electron chi connectivity index (χ1n) is 5.08. The SMILES string of the molecule is CONc1cccc(-c2nsc(N)c2C(N)=O)c1. The molecule has 0 aliphatic heterocycles. The van der Waals surface area contributed by atoms with Crippen LogP contribution in [0.15, 0.2) is 24.3 Å². The summed E-state index contributed by atoms with van der Waals surface area (Å²) in [5, 5.41) is 0.322. The van der Waals surface area contributed by atoms with E-state index >= 15 is 0 Å². The smallest absolute Gasteiger partial charge is 0.253 e. The molecule has 2 rings (SSSR count). The number of primary amides is 1. The van der Waals surface area contributed by atoms with E-state index in [1.54, 1.807) is 6.07 Å². The predicted molar refractivity (Wildman–Crippen MR) is 71.1 cm³/mol. The van der Waals surface area contributed by atoms with Crippen molar-refractivity contribution in [2.45, 2.75) is 0 Å². The maximum atomic E-state index is 11.4. The molecular formula is C11H12N4O2S. The number of nitrogens with two attached hydrogens (primary N) is 2. The van der Waals surface area contributed by atoms with Gasteiger partial charge in [-0.1, -0.05) is 12.1 Å². The van der Waals surface area contributed by atoms with Crippen molar-refractivity contribution in [3.8, 4) is 11.3 Å². The Kier molecular flexibility index (Phi) is 3.45. The Bertz CT molecular complexity index is 582. The van der Waals surface area contributed by atoms with E-state index in [9.17, 15) is 4.79 Å². The molecule has 0 saturated carbocycles. The number of nitrogens with zero attached hydrogens (tertiary/aromatic N) is 1. The van der Waals surface area contributed by atoms with Gasteiger partial charge >= 0.3 is 0 Å². The average molecular weight is 264 g/mol. The Balaban J connectivity index is 2.48. The molecule has 1 heterocycles. The van der Waals surface area contributed by atoms with Gasteiger partial charge in [0.15, 0.2) is 0 Å². The predicted octanol–water partition coefficient (Wildman–Crippen LogP) is 1.46. The minimum absolute atomic E-state index is 0.259. The van der Waals surface area contributed by atoms with Gasteiger partial charge < -0.3 is 11.5 Å². The molecule has 0 fully saturated rings. The molecule has 6 nitrogen and oxygen atoms in total. The number of nitrogen functional groups attached to an aromatic ring is 1. The summed E-state index contributed by atoms with van der Waals surface area (Å²) in [5.74, 6) is -0.582. The molecular weight excluding hydrogens is 252 g/mol. The van der Waals surface area contributed by atoms with Crippen molar-refractivity contribution in [3.63, 3.8) is 0 Å². The minimum Gasteiger partial charge on any atom is -0.389 e. The van der Waals surface area contributed by atoms with Gasteiger partial charge in [0.25, 0.3) is 5.91 Å². The Morgan fingerprint density at radius 3 is 2.94 bits per heavy atom. The van der Waals surface area contributed by atoms with E-state index in [1.807, 2.05) is 18.2 Å². The summed E-state index contributed by atoms with van der Waals surface area (Å²) in [6, 6.07) is 7.26. The fourth-order valence-corrected chi connectivity index (χ4v) is 2.26. The first kappa shape index (κ1) is 12.3. The van der Waals surface area contributed by atoms with Crippen LogP contribution in [0.2, 0.25) is 0 Å². The lowest BCUT2D eigenvalue weighted by molar-refractivity contribution is 0.100. The average Bonchev–Trinajstić information content (AvgIpc) is 2.72. The van der Waals surface area contributed by atoms with Crippen LogP contribution in [0.4, 0.5) is 10.7 Å². The summed E-state index contributed by atoms with van der Waals surface area (Å²) in [7, 11) is 1.52. The van der Waals surface area contributed by atoms with Gasteiger partial charge in [0, 0.05) is 5.56 Å². The number of amides is 1. The van der Waals surface area contributed by atoms with Crippen molar-refractivity contribution in [2.75, 3.05) is 18.3 Å². The fraction of sp³-hybridized carbons (Fsp3) is 0.0909. The highest BCUT2D eigenvalue weighted by Gasteiger charge is 2.18. The number of benzene rings is 1. The second kappa shape index (κ2) is 5.03. The van der Waals surface area contributed by atoms with E-state index in [0.29, 0.717) is 10.7 Å². The van der Waals surface area contributed by atoms with Crippen LogP contribution in [-0.2, 0) is 4.84 Å². The van der Waals surface area contributed by atoms with Gasteiger partial charge in [0.2, 0.25) is 0 Å². The third-order valence-electron chi connectivity index (χ3n) is 2.32. The van der Waals surface area contributed by atoms with Gasteiger partial charge in [-0.05, 0) is 23.7 Å². The van der Waals surface area contributed by atoms with Gasteiger partial charge in [0.05, 0.1) is 18.5 Å². The van der Waals surface area contributed by atoms with E-state index in [1.165, 1.54) is 7.11 Å². The number of carbonyl (C=O) groups is 1. The summed E-state index contributed by atoms with van der Waals surface area (Å²) in [5.41, 5.74) is 15.9. The van der Waals surface area contributed by atoms with Crippen molar-refractivity contribution < 1.29 is 9.63 Å². The standard InChI is InChI=1S/C11H12N4O2S/c1-17-14-7-4-2-3-6(5-7)9-8(10(12)16)11(13)18-15-9/h2-5,14H,13H2,1H3,(H2,12,16). The molecule has 1 aromatic carbocycles. The van der Waals surface area contributed by atoms with E-state index in [0.717, 1.165) is 22.8 Å². The topological polar surface area (TPSA) is 103 Å². The Morgan fingerprint density at radius 2 is 2.28 bits per heavy atom. The third kappa shape index (κ3) is 2.27. The molecule has 1 aromatic heterocycles. The van der Waals surface area contributed by atoms with Crippen LogP contribution < -0.4 is 16.9 Å². The number of aromatic nitrogens is 1. The second-order valence-corrected chi connectivity index (χ2v) is 4.33. The summed E-state index contributed by atoms with van der Waals surface area (Å²) in [6.45, 7) is 0. The highest BCUT2D eigenvalue weighted by Crippen LogP contribution is 2.31. The molecule has 94 valence electrons. The highest BCUT2D eigenvalue weighted by atomic mass is 32.1. The zero-order valence-electron chi connectivity index (χ0n) is 9.64. The van der Waals surface area contributed by atoms with Gasteiger partial charge in [-0.25, -0.2) is 0 Å². The summed E-state index contributed by atoms with van der Waals surface area (Å²) < 4.78 is 4.16. The van der Waals surface area contributed by atoms with E-state index in [-0.39, 0.29) is 5.56 Å². The van der Waals surface area contributed by atoms with Crippen LogP contribution in [0.1, 0.15) is 10.4 Å². The van der Waals surface area contributed by atoms with Crippen LogP contribution in [0.5, 0.6) is 0 Å². The number of rotatable bonds is 4. The van der Waals surface area contributed by atoms with Gasteiger partial charge in [0.1, 0.15) is 10.6 Å². The zero-order chi connectivity index (χ0) is 13.1. The number of anilines is 2. The molecule has 5 N–H and O–H groups in total. The van der Waals surface area contributed by atoms with E-state index in [4.69, 9.17) is 16.3 Å². The fourth-order valence-electron chi connectivity index (χ4n) is 1.59. The number of hydrogen-bond donors (Lipinski definition) is 3. The molecule has 7 heteroatoms. The van der Waals surface area contributed by atoms with E-state index < -0.39 is 5.91 Å². The summed E-state index contributed by atoms with van der Waals surface area (Å²) in [6.07, 6.45) is 0. The third-order valence-corrected chi connectivity index (χ3v) is 3.00. The molecule has 0 spiro atoms. The van der Waals surface area contributed by atoms with Crippen molar-refractivity contribution in [2.24, 2.45) is 5.73 Å². The number of nitrogens with one attached hydrogen (secondary N) is 1. The zero-order valence-corrected chi connectivity index (χ0v) is 10.5. The van der Waals surface area contributed by atoms with Crippen molar-refractivity contribution >= 4 is 28.1 Å². The molecule has 0 radical (unpaired) electrons. The molecule has 1 amide bonds. The minimum atomic E-state index is -0.582. The molecule has 0 saturated heterocycles. The van der Waals surface area contributed by atoms with Crippen molar-refractivity contribution in [3.05, 3.63) is 29.8 Å². The van der Waals surface area contributed by atoms with Gasteiger partial charge in [-0.15, -0.1) is 0 Å². The van der Waals surface area contributed by atoms with E-state index in [2.05, 4.69) is 9.85 Å². The van der Waals surface area contributed by atoms with Crippen LogP contribution in [-0.4, -0.2) is 17.4 Å². The molecule has 0 aliphatic rings. The van der Waals surface area contributed by atoms with Gasteiger partial charge in [-0.3, -0.25) is 15.1 Å². The summed E-state index contributed by atoms with van der Waals surface area (Å²) in [4.78, 5) is 16.2. The van der Waals surface area contributed by atoms with Crippen LogP contribution in [0.3, 0.4) is 0 Å². The monoisotopic (exact) mass is 264 g/mol. The van der Waals surface area contributed by atoms with Crippen molar-refractivity contribution in [1.29, 1.82) is 0 Å². The molecule has 0 bridgehead atoms. The molecule has 18 heavy (non-hydrogen) atoms. The molecule has 2 aromatic rings. The maximum Gasteiger partial charge on any atom is 0.253 e. The lowest BCUT2D eigenvalue weighted by Crippen LogP contribution is -2.13. The largest absolute Gasteiger partial charge is 0.389 e. The lowest BCUT2D eigenvalue weighted by atomic mass is 10.1. The Labute approximate surface area is 108 Å². The number of carbonyl (C=O) groups excluding carboxylic acids is 1. The molecule has 0 aliphatic carbocycles. The highest BCUT2D eigenvalue weighted by molar-refractivity contribution is 7.10. The normalized spacial score (nSPS) is 10.3. The maximum absolute atomic E-state index is 11.4. The quantitative estimate of drug-likeness (QED) is 0.725. The molecule has 0 atom stereocenters. The first-order chi connectivity index (χ1) is 8.63. The van der Waals surface area contributed by atoms with Crippen LogP contribution in [0, 0.1) is 0 Å². The Morgan fingerprint density at radius 1 is 1.50 bits per heavy atom. The molecule has 0 unspecified atom stereocenters.